The number of pyridine rings is 4. The van der Waals surface area contributed by atoms with Gasteiger partial charge in [-0.05, 0) is 237 Å². The molecule has 0 spiro atoms. The van der Waals surface area contributed by atoms with Gasteiger partial charge < -0.3 is 47.3 Å². The molecule has 0 amide bonds. The first kappa shape index (κ1) is 78.3. The SMILES string of the molecule is Cc1ccc(CCn2c3c(c4ccccc42)CN(C)CC3)cn1.Cc1ccc2c(c1)c1c(n2CCc2ccccc2)CCN(C)C1.Cc1ccc2c(c1)c1c(n2CCc2ccccn2)CCN(C)C1.Cc1ccc2c(c1)c1c(n2CCc2cccnc2)CCN(C)C1.Cc1ccc2c(c1)c1c(n2CCc2ccncc2)CCN(C)C1. The monoisotopic (exact) mass is 1520 g/mol. The number of nitrogens with zero attached hydrogens (tertiary/aromatic N) is 14. The fraction of sp³-hybridized carbons (Fsp3) is 0.347. The number of benzene rings is 6. The lowest BCUT2D eigenvalue weighted by Gasteiger charge is -2.24. The lowest BCUT2D eigenvalue weighted by Crippen LogP contribution is -2.27. The van der Waals surface area contributed by atoms with Crippen LogP contribution in [0.15, 0.2) is 219 Å². The van der Waals surface area contributed by atoms with Crippen molar-refractivity contribution in [3.8, 4) is 0 Å². The fourth-order valence-corrected chi connectivity index (χ4v) is 18.7. The van der Waals surface area contributed by atoms with E-state index in [0.717, 1.165) is 168 Å². The Balaban J connectivity index is 0.000000108. The summed E-state index contributed by atoms with van der Waals surface area (Å²) < 4.78 is 12.7. The highest BCUT2D eigenvalue weighted by molar-refractivity contribution is 5.90. The number of aromatic nitrogens is 9. The molecule has 0 N–H and O–H groups in total. The summed E-state index contributed by atoms with van der Waals surface area (Å²) in [4.78, 5) is 29.4. The third-order valence-electron chi connectivity index (χ3n) is 24.9. The van der Waals surface area contributed by atoms with Gasteiger partial charge in [0.15, 0.2) is 0 Å². The van der Waals surface area contributed by atoms with Gasteiger partial charge in [0.05, 0.1) is 0 Å². The molecule has 0 bridgehead atoms. The maximum absolute atomic E-state index is 4.47. The zero-order chi connectivity index (χ0) is 79.1. The van der Waals surface area contributed by atoms with E-state index >= 15 is 0 Å². The second-order valence-corrected chi connectivity index (χ2v) is 33.5. The maximum atomic E-state index is 4.47. The predicted molar refractivity (Wildman–Crippen MR) is 475 cm³/mol. The van der Waals surface area contributed by atoms with Crippen molar-refractivity contribution in [2.24, 2.45) is 0 Å². The van der Waals surface area contributed by atoms with Crippen molar-refractivity contribution in [2.75, 3.05) is 68.0 Å². The normalized spacial score (nSPS) is 15.0. The van der Waals surface area contributed by atoms with Crippen molar-refractivity contribution >= 4 is 54.5 Å². The van der Waals surface area contributed by atoms with E-state index in [1.54, 1.807) is 11.3 Å². The molecule has 14 heterocycles. The van der Waals surface area contributed by atoms with Crippen LogP contribution in [0.4, 0.5) is 0 Å². The minimum Gasteiger partial charge on any atom is -0.344 e. The maximum Gasteiger partial charge on any atom is 0.0486 e. The molecule has 14 nitrogen and oxygen atoms in total. The molecule has 0 saturated heterocycles. The van der Waals surface area contributed by atoms with Crippen LogP contribution >= 0.6 is 0 Å². The summed E-state index contributed by atoms with van der Waals surface area (Å²) in [5.74, 6) is 0. The molecule has 590 valence electrons. The minimum atomic E-state index is 0.987. The number of hydrogen-bond acceptors (Lipinski definition) is 9. The summed E-state index contributed by atoms with van der Waals surface area (Å²) in [6, 6.07) is 66.2. The van der Waals surface area contributed by atoms with Gasteiger partial charge in [-0.1, -0.05) is 113 Å². The van der Waals surface area contributed by atoms with Crippen molar-refractivity contribution in [1.29, 1.82) is 0 Å². The number of rotatable bonds is 15. The molecule has 0 saturated carbocycles. The second kappa shape index (κ2) is 35.7. The van der Waals surface area contributed by atoms with Gasteiger partial charge in [-0.2, -0.15) is 0 Å². The Morgan fingerprint density at radius 2 is 0.626 bits per heavy atom. The van der Waals surface area contributed by atoms with E-state index in [1.807, 2.05) is 56.2 Å². The minimum absolute atomic E-state index is 0.987. The molecular weight excluding hydrogens is 1410 g/mol. The Morgan fingerprint density at radius 3 is 1.02 bits per heavy atom. The molecule has 0 unspecified atom stereocenters. The Kier molecular flexibility index (Phi) is 24.3. The summed E-state index contributed by atoms with van der Waals surface area (Å²) in [7, 11) is 11.1. The van der Waals surface area contributed by atoms with Crippen molar-refractivity contribution < 1.29 is 0 Å². The van der Waals surface area contributed by atoms with E-state index in [0.29, 0.717) is 0 Å². The lowest BCUT2D eigenvalue weighted by atomic mass is 10.0. The van der Waals surface area contributed by atoms with E-state index in [9.17, 15) is 0 Å². The van der Waals surface area contributed by atoms with Crippen LogP contribution in [0, 0.1) is 34.6 Å². The van der Waals surface area contributed by atoms with E-state index in [2.05, 4.69) is 300 Å². The van der Waals surface area contributed by atoms with Crippen LogP contribution in [0.5, 0.6) is 0 Å². The Bertz CT molecular complexity index is 5250. The quantitative estimate of drug-likeness (QED) is 0.0995. The number of aryl methyl sites for hydroxylation is 15. The van der Waals surface area contributed by atoms with E-state index in [-0.39, 0.29) is 0 Å². The molecule has 6 aromatic carbocycles. The standard InChI is InChI=1S/C21H24N2.4C20H23N3/c1-16-8-9-20-18(14-16)19-15-22(2)12-11-21(19)23(20)13-10-17-6-4-3-5-7-17;1-15-3-4-19-17(13-15)18-14-22(2)11-8-20(18)23(19)12-7-16-5-9-21-10-6-16;1-15-5-6-19-17(12-15)18-14-22(2)10-8-20(18)23(19)11-7-16-4-3-9-21-13-16;1-15-6-7-19-17(13-15)18-14-22(2)11-9-20(18)23(19)12-8-16-5-3-4-10-21-16;1-15-7-8-16(13-21-15)9-12-23-19-6-4-3-5-17(19)18-14-22(2)11-10-20(18)23/h3-9,14H,10-13,15H2,1-2H3;3-6,9-10,13H,7-8,11-12,14H2,1-2H3;3-6,9,12-13H,7-8,10-11,14H2,1-2H3;3-7,10,13H,8-9,11-12,14H2,1-2H3;3-8,13H,9-12,14H2,1-2H3. The van der Waals surface area contributed by atoms with Crippen molar-refractivity contribution in [3.05, 3.63) is 331 Å². The van der Waals surface area contributed by atoms with Gasteiger partial charge in [0, 0.05) is 268 Å². The van der Waals surface area contributed by atoms with Crippen LogP contribution < -0.4 is 0 Å². The van der Waals surface area contributed by atoms with Crippen LogP contribution in [-0.4, -0.2) is 135 Å². The Labute approximate surface area is 681 Å². The summed E-state index contributed by atoms with van der Waals surface area (Å²) in [6.07, 6.45) is 22.5. The summed E-state index contributed by atoms with van der Waals surface area (Å²) in [6.45, 7) is 27.1. The average Bonchev–Trinajstić information content (AvgIpc) is 1.64. The van der Waals surface area contributed by atoms with Gasteiger partial charge >= 0.3 is 0 Å². The smallest absolute Gasteiger partial charge is 0.0486 e. The van der Waals surface area contributed by atoms with E-state index < -0.39 is 0 Å². The largest absolute Gasteiger partial charge is 0.344 e. The van der Waals surface area contributed by atoms with Crippen LogP contribution in [0.3, 0.4) is 0 Å². The number of fused-ring (bicyclic) bond motifs is 15. The topological polar surface area (TPSA) is 92.4 Å². The average molecular weight is 1530 g/mol. The molecule has 9 aromatic heterocycles. The molecular formula is C101H116N14. The Morgan fingerprint density at radius 1 is 0.270 bits per heavy atom. The molecule has 115 heavy (non-hydrogen) atoms. The van der Waals surface area contributed by atoms with E-state index in [4.69, 9.17) is 0 Å². The molecule has 5 aliphatic rings. The first-order valence-corrected chi connectivity index (χ1v) is 42.2. The van der Waals surface area contributed by atoms with Gasteiger partial charge in [0.1, 0.15) is 0 Å². The number of para-hydroxylation sites is 1. The molecule has 15 aromatic rings. The molecule has 14 heteroatoms. The number of hydrogen-bond donors (Lipinski definition) is 0. The predicted octanol–water partition coefficient (Wildman–Crippen LogP) is 18.5. The fourth-order valence-electron chi connectivity index (χ4n) is 18.7. The zero-order valence-corrected chi connectivity index (χ0v) is 69.7. The summed E-state index contributed by atoms with van der Waals surface area (Å²) in [5, 5.41) is 7.21. The van der Waals surface area contributed by atoms with Crippen molar-refractivity contribution in [3.63, 3.8) is 0 Å². The molecule has 0 fully saturated rings. The van der Waals surface area contributed by atoms with Gasteiger partial charge in [-0.15, -0.1) is 0 Å². The van der Waals surface area contributed by atoms with Crippen LogP contribution in [-0.2, 0) is 130 Å². The van der Waals surface area contributed by atoms with Crippen molar-refractivity contribution in [1.82, 2.24) is 67.3 Å². The molecule has 0 radical (unpaired) electrons. The molecule has 0 atom stereocenters. The Hall–Kier alpha value is -10.6. The molecule has 0 aliphatic carbocycles. The third-order valence-corrected chi connectivity index (χ3v) is 24.9. The summed E-state index contributed by atoms with van der Waals surface area (Å²) in [5.41, 5.74) is 35.4. The van der Waals surface area contributed by atoms with Crippen LogP contribution in [0.1, 0.15) is 112 Å². The van der Waals surface area contributed by atoms with E-state index in [1.165, 1.54) is 150 Å². The second-order valence-electron chi connectivity index (χ2n) is 33.5. The summed E-state index contributed by atoms with van der Waals surface area (Å²) >= 11 is 0. The highest BCUT2D eigenvalue weighted by atomic mass is 15.2. The number of likely N-dealkylation sites (N-methyl/N-ethyl adjacent to an activating group) is 5. The van der Waals surface area contributed by atoms with Gasteiger partial charge in [0.2, 0.25) is 0 Å². The van der Waals surface area contributed by atoms with Gasteiger partial charge in [-0.25, -0.2) is 0 Å². The highest BCUT2D eigenvalue weighted by Crippen LogP contribution is 2.37. The lowest BCUT2D eigenvalue weighted by molar-refractivity contribution is 0.309. The van der Waals surface area contributed by atoms with Crippen LogP contribution in [0.2, 0.25) is 0 Å². The molecule has 20 rings (SSSR count). The van der Waals surface area contributed by atoms with Gasteiger partial charge in [0.25, 0.3) is 0 Å². The van der Waals surface area contributed by atoms with Gasteiger partial charge in [-0.3, -0.25) is 19.9 Å². The molecule has 5 aliphatic heterocycles. The third kappa shape index (κ3) is 17.8. The van der Waals surface area contributed by atoms with Crippen LogP contribution in [0.25, 0.3) is 54.5 Å². The zero-order valence-electron chi connectivity index (χ0n) is 69.7. The highest BCUT2D eigenvalue weighted by Gasteiger charge is 2.28. The van der Waals surface area contributed by atoms with Crippen molar-refractivity contribution in [2.45, 2.75) is 164 Å². The first-order chi connectivity index (χ1) is 56.1. The first-order valence-electron chi connectivity index (χ1n) is 42.2.